The molecule has 1 fully saturated rings. The van der Waals surface area contributed by atoms with Crippen LogP contribution in [-0.2, 0) is 4.79 Å². The summed E-state index contributed by atoms with van der Waals surface area (Å²) in [5, 5.41) is 3.29. The van der Waals surface area contributed by atoms with E-state index in [1.165, 1.54) is 25.0 Å². The van der Waals surface area contributed by atoms with Crippen LogP contribution in [0.4, 0.5) is 0 Å². The van der Waals surface area contributed by atoms with E-state index in [1.54, 1.807) is 0 Å². The second-order valence-electron chi connectivity index (χ2n) is 5.06. The van der Waals surface area contributed by atoms with Crippen molar-refractivity contribution in [3.63, 3.8) is 0 Å². The van der Waals surface area contributed by atoms with Crippen molar-refractivity contribution in [1.82, 2.24) is 10.2 Å². The van der Waals surface area contributed by atoms with E-state index >= 15 is 0 Å². The number of nitrogens with one attached hydrogen (secondary N) is 1. The van der Waals surface area contributed by atoms with Crippen LogP contribution in [-0.4, -0.2) is 42.1 Å². The Balaban J connectivity index is 2.18. The van der Waals surface area contributed by atoms with Crippen LogP contribution < -0.4 is 5.32 Å². The topological polar surface area (TPSA) is 32.3 Å². The highest BCUT2D eigenvalue weighted by molar-refractivity contribution is 7.98. The minimum atomic E-state index is 0.258. The molecular formula is C13H26N2OS. The molecule has 0 radical (unpaired) electrons. The summed E-state index contributed by atoms with van der Waals surface area (Å²) in [4.78, 5) is 13.7. The molecule has 1 heterocycles. The first-order valence-electron chi connectivity index (χ1n) is 6.68. The van der Waals surface area contributed by atoms with E-state index < -0.39 is 0 Å². The standard InChI is InChI=1S/C13H26N2OS/c1-11(2)13-14-10-12(16)15(13)8-6-4-5-7-9-17-3/h11,13-14H,4-10H2,1-3H3. The number of carbonyl (C=O) groups excluding carboxylic acids is 1. The van der Waals surface area contributed by atoms with Gasteiger partial charge in [0, 0.05) is 6.54 Å². The molecule has 0 aromatic rings. The molecule has 0 aromatic heterocycles. The lowest BCUT2D eigenvalue weighted by Crippen LogP contribution is -2.41. The molecule has 1 aliphatic heterocycles. The minimum Gasteiger partial charge on any atom is -0.326 e. The molecule has 17 heavy (non-hydrogen) atoms. The smallest absolute Gasteiger partial charge is 0.237 e. The monoisotopic (exact) mass is 258 g/mol. The lowest BCUT2D eigenvalue weighted by atomic mass is 10.1. The zero-order valence-electron chi connectivity index (χ0n) is 11.4. The number of unbranched alkanes of at least 4 members (excludes halogenated alkanes) is 3. The van der Waals surface area contributed by atoms with Gasteiger partial charge in [0.05, 0.1) is 12.7 Å². The molecular weight excluding hydrogens is 232 g/mol. The van der Waals surface area contributed by atoms with Gasteiger partial charge in [-0.05, 0) is 30.8 Å². The lowest BCUT2D eigenvalue weighted by molar-refractivity contribution is -0.128. The van der Waals surface area contributed by atoms with Gasteiger partial charge in [0.2, 0.25) is 5.91 Å². The van der Waals surface area contributed by atoms with Crippen LogP contribution in [0.1, 0.15) is 39.5 Å². The molecule has 4 heteroatoms. The highest BCUT2D eigenvalue weighted by atomic mass is 32.2. The number of thioether (sulfide) groups is 1. The quantitative estimate of drug-likeness (QED) is 0.678. The van der Waals surface area contributed by atoms with Crippen LogP contribution in [0.15, 0.2) is 0 Å². The Hall–Kier alpha value is -0.220. The second kappa shape index (κ2) is 7.98. The van der Waals surface area contributed by atoms with Crippen molar-refractivity contribution in [2.24, 2.45) is 5.92 Å². The van der Waals surface area contributed by atoms with Crippen LogP contribution >= 0.6 is 11.8 Å². The Morgan fingerprint density at radius 2 is 2.06 bits per heavy atom. The summed E-state index contributed by atoms with van der Waals surface area (Å²) in [6.45, 7) is 5.78. The van der Waals surface area contributed by atoms with Crippen molar-refractivity contribution in [3.8, 4) is 0 Å². The maximum absolute atomic E-state index is 11.7. The van der Waals surface area contributed by atoms with Gasteiger partial charge >= 0.3 is 0 Å². The SMILES string of the molecule is CSCCCCCCN1C(=O)CNC1C(C)C. The molecule has 1 N–H and O–H groups in total. The molecule has 3 nitrogen and oxygen atoms in total. The predicted molar refractivity (Wildman–Crippen MR) is 75.2 cm³/mol. The molecule has 1 unspecified atom stereocenters. The zero-order valence-corrected chi connectivity index (χ0v) is 12.2. The Morgan fingerprint density at radius 3 is 2.71 bits per heavy atom. The highest BCUT2D eigenvalue weighted by Gasteiger charge is 2.31. The van der Waals surface area contributed by atoms with Gasteiger partial charge in [-0.15, -0.1) is 0 Å². The largest absolute Gasteiger partial charge is 0.326 e. The third kappa shape index (κ3) is 4.88. The van der Waals surface area contributed by atoms with Crippen molar-refractivity contribution in [2.75, 3.05) is 25.1 Å². The summed E-state index contributed by atoms with van der Waals surface area (Å²) < 4.78 is 0. The fourth-order valence-electron chi connectivity index (χ4n) is 2.30. The molecule has 0 saturated carbocycles. The first-order valence-corrected chi connectivity index (χ1v) is 8.08. The summed E-state index contributed by atoms with van der Waals surface area (Å²) in [6, 6.07) is 0. The number of hydrogen-bond acceptors (Lipinski definition) is 3. The first kappa shape index (κ1) is 14.8. The second-order valence-corrected chi connectivity index (χ2v) is 6.05. The van der Waals surface area contributed by atoms with Crippen LogP contribution in [0.3, 0.4) is 0 Å². The molecule has 0 aliphatic carbocycles. The molecule has 0 spiro atoms. The molecule has 1 rings (SSSR count). The fourth-order valence-corrected chi connectivity index (χ4v) is 2.79. The number of rotatable bonds is 8. The maximum atomic E-state index is 11.7. The Labute approximate surface area is 110 Å². The average molecular weight is 258 g/mol. The molecule has 1 atom stereocenters. The molecule has 1 saturated heterocycles. The van der Waals surface area contributed by atoms with E-state index in [9.17, 15) is 4.79 Å². The summed E-state index contributed by atoms with van der Waals surface area (Å²) in [7, 11) is 0. The van der Waals surface area contributed by atoms with E-state index in [-0.39, 0.29) is 12.1 Å². The van der Waals surface area contributed by atoms with E-state index in [1.807, 2.05) is 16.7 Å². The van der Waals surface area contributed by atoms with Crippen LogP contribution in [0.25, 0.3) is 0 Å². The van der Waals surface area contributed by atoms with Gasteiger partial charge in [-0.25, -0.2) is 0 Å². The molecule has 0 aromatic carbocycles. The Morgan fingerprint density at radius 1 is 1.35 bits per heavy atom. The summed E-state index contributed by atoms with van der Waals surface area (Å²) in [5.41, 5.74) is 0. The normalized spacial score (nSPS) is 20.6. The van der Waals surface area contributed by atoms with Crippen molar-refractivity contribution in [3.05, 3.63) is 0 Å². The van der Waals surface area contributed by atoms with Gasteiger partial charge in [-0.3, -0.25) is 10.1 Å². The van der Waals surface area contributed by atoms with Gasteiger partial charge in [0.1, 0.15) is 0 Å². The summed E-state index contributed by atoms with van der Waals surface area (Å²) in [5.74, 6) is 2.03. The van der Waals surface area contributed by atoms with Crippen LogP contribution in [0, 0.1) is 5.92 Å². The minimum absolute atomic E-state index is 0.258. The number of amides is 1. The highest BCUT2D eigenvalue weighted by Crippen LogP contribution is 2.15. The molecule has 1 aliphatic rings. The third-order valence-electron chi connectivity index (χ3n) is 3.25. The molecule has 100 valence electrons. The lowest BCUT2D eigenvalue weighted by Gasteiger charge is -2.27. The summed E-state index contributed by atoms with van der Waals surface area (Å²) >= 11 is 1.92. The first-order chi connectivity index (χ1) is 8.16. The van der Waals surface area contributed by atoms with E-state index in [4.69, 9.17) is 0 Å². The molecule has 1 amide bonds. The van der Waals surface area contributed by atoms with Gasteiger partial charge in [0.15, 0.2) is 0 Å². The van der Waals surface area contributed by atoms with Gasteiger partial charge in [-0.1, -0.05) is 26.7 Å². The van der Waals surface area contributed by atoms with Crippen molar-refractivity contribution in [1.29, 1.82) is 0 Å². The summed E-state index contributed by atoms with van der Waals surface area (Å²) in [6.07, 6.45) is 7.40. The van der Waals surface area contributed by atoms with Gasteiger partial charge < -0.3 is 4.90 Å². The van der Waals surface area contributed by atoms with Gasteiger partial charge in [0.25, 0.3) is 0 Å². The number of hydrogen-bond donors (Lipinski definition) is 1. The maximum Gasteiger partial charge on any atom is 0.237 e. The zero-order chi connectivity index (χ0) is 12.7. The number of carbonyl (C=O) groups is 1. The van der Waals surface area contributed by atoms with Crippen molar-refractivity contribution >= 4 is 17.7 Å². The van der Waals surface area contributed by atoms with E-state index in [0.29, 0.717) is 12.5 Å². The Bertz CT molecular complexity index is 233. The van der Waals surface area contributed by atoms with Crippen molar-refractivity contribution < 1.29 is 4.79 Å². The Kier molecular flexibility index (Phi) is 6.97. The predicted octanol–water partition coefficient (Wildman–Crippen LogP) is 2.32. The number of nitrogens with zero attached hydrogens (tertiary/aromatic N) is 1. The van der Waals surface area contributed by atoms with Crippen LogP contribution in [0.2, 0.25) is 0 Å². The van der Waals surface area contributed by atoms with E-state index in [0.717, 1.165) is 13.0 Å². The average Bonchev–Trinajstić information content (AvgIpc) is 2.65. The van der Waals surface area contributed by atoms with Crippen molar-refractivity contribution in [2.45, 2.75) is 45.7 Å². The third-order valence-corrected chi connectivity index (χ3v) is 3.94. The van der Waals surface area contributed by atoms with Gasteiger partial charge in [-0.2, -0.15) is 11.8 Å². The van der Waals surface area contributed by atoms with Crippen LogP contribution in [0.5, 0.6) is 0 Å². The van der Waals surface area contributed by atoms with E-state index in [2.05, 4.69) is 25.4 Å². The molecule has 0 bridgehead atoms. The fraction of sp³-hybridized carbons (Fsp3) is 0.923.